The third-order valence-electron chi connectivity index (χ3n) is 6.77. The number of aromatic nitrogens is 5. The number of carbonyl (C=O) groups excluding carboxylic acids is 1. The number of anilines is 2. The van der Waals surface area contributed by atoms with Gasteiger partial charge in [-0.15, -0.1) is 0 Å². The molecule has 1 fully saturated rings. The lowest BCUT2D eigenvalue weighted by molar-refractivity contribution is 0.251. The number of amides is 2. The molecule has 1 saturated carbocycles. The number of pyridine rings is 1. The van der Waals surface area contributed by atoms with E-state index in [1.54, 1.807) is 22.5 Å². The minimum Gasteiger partial charge on any atom is -0.357 e. The van der Waals surface area contributed by atoms with Crippen LogP contribution >= 0.6 is 0 Å². The molecular weight excluding hydrogens is 480 g/mol. The predicted molar refractivity (Wildman–Crippen MR) is 149 cm³/mol. The van der Waals surface area contributed by atoms with Crippen LogP contribution in [0.4, 0.5) is 16.6 Å². The summed E-state index contributed by atoms with van der Waals surface area (Å²) in [6.45, 7) is 10.2. The van der Waals surface area contributed by atoms with Gasteiger partial charge in [0.25, 0.3) is 5.56 Å². The van der Waals surface area contributed by atoms with Gasteiger partial charge in [0.2, 0.25) is 5.95 Å². The Hall–Kier alpha value is -4.21. The Morgan fingerprint density at radius 2 is 1.87 bits per heavy atom. The zero-order valence-electron chi connectivity index (χ0n) is 22.6. The van der Waals surface area contributed by atoms with Crippen LogP contribution in [-0.2, 0) is 5.41 Å². The first-order valence-electron chi connectivity index (χ1n) is 12.9. The molecule has 0 aliphatic heterocycles. The number of fused-ring (bicyclic) bond motifs is 1. The van der Waals surface area contributed by atoms with Crippen molar-refractivity contribution in [3.05, 3.63) is 70.3 Å². The second-order valence-corrected chi connectivity index (χ2v) is 11.1. The van der Waals surface area contributed by atoms with Gasteiger partial charge in [-0.1, -0.05) is 39.0 Å². The maximum absolute atomic E-state index is 13.5. The van der Waals surface area contributed by atoms with E-state index in [-0.39, 0.29) is 35.0 Å². The number of hydrogen-bond donors (Lipinski definition) is 3. The highest BCUT2D eigenvalue weighted by atomic mass is 16.2. The van der Waals surface area contributed by atoms with Gasteiger partial charge in [0, 0.05) is 53.7 Å². The average molecular weight is 515 g/mol. The minimum atomic E-state index is -0.331. The van der Waals surface area contributed by atoms with Crippen molar-refractivity contribution in [1.82, 2.24) is 29.6 Å². The van der Waals surface area contributed by atoms with Gasteiger partial charge < -0.3 is 10.6 Å². The van der Waals surface area contributed by atoms with Crippen molar-refractivity contribution in [3.63, 3.8) is 0 Å². The Labute approximate surface area is 221 Å². The number of para-hydroxylation sites is 1. The zero-order chi connectivity index (χ0) is 27.2. The maximum atomic E-state index is 13.5. The average Bonchev–Trinajstić information content (AvgIpc) is 3.48. The van der Waals surface area contributed by atoms with Gasteiger partial charge in [-0.3, -0.25) is 14.7 Å². The molecule has 10 heteroatoms. The smallest absolute Gasteiger partial charge is 0.320 e. The summed E-state index contributed by atoms with van der Waals surface area (Å²) in [7, 11) is 1.75. The molecule has 10 nitrogen and oxygen atoms in total. The van der Waals surface area contributed by atoms with E-state index in [1.807, 2.05) is 56.3 Å². The van der Waals surface area contributed by atoms with Crippen LogP contribution in [0.1, 0.15) is 64.3 Å². The van der Waals surface area contributed by atoms with Gasteiger partial charge in [-0.2, -0.15) is 10.1 Å². The fourth-order valence-corrected chi connectivity index (χ4v) is 4.63. The van der Waals surface area contributed by atoms with Gasteiger partial charge >= 0.3 is 6.03 Å². The number of carbonyl (C=O) groups is 1. The molecule has 1 aliphatic carbocycles. The minimum absolute atomic E-state index is 0.0733. The third kappa shape index (κ3) is 4.85. The number of hydrogen-bond acceptors (Lipinski definition) is 6. The van der Waals surface area contributed by atoms with Crippen molar-refractivity contribution < 1.29 is 4.79 Å². The number of benzene rings is 1. The van der Waals surface area contributed by atoms with E-state index in [9.17, 15) is 9.59 Å². The monoisotopic (exact) mass is 514 g/mol. The lowest BCUT2D eigenvalue weighted by atomic mass is 9.92. The Bertz CT molecular complexity index is 1550. The van der Waals surface area contributed by atoms with E-state index in [1.165, 1.54) is 0 Å². The molecule has 0 bridgehead atoms. The molecule has 0 radical (unpaired) electrons. The van der Waals surface area contributed by atoms with Gasteiger partial charge in [-0.25, -0.2) is 14.5 Å². The van der Waals surface area contributed by atoms with E-state index < -0.39 is 0 Å². The quantitative estimate of drug-likeness (QED) is 0.347. The van der Waals surface area contributed by atoms with Gasteiger partial charge in [-0.05, 0) is 38.5 Å². The highest BCUT2D eigenvalue weighted by molar-refractivity contribution is 5.89. The summed E-state index contributed by atoms with van der Waals surface area (Å²) in [5, 5.41) is 14.5. The largest absolute Gasteiger partial charge is 0.357 e. The van der Waals surface area contributed by atoms with Crippen LogP contribution in [-0.4, -0.2) is 43.4 Å². The molecule has 2 atom stereocenters. The number of nitrogens with zero attached hydrogens (tertiary/aromatic N) is 5. The molecule has 2 amide bonds. The van der Waals surface area contributed by atoms with Crippen LogP contribution in [0.2, 0.25) is 0 Å². The maximum Gasteiger partial charge on any atom is 0.320 e. The van der Waals surface area contributed by atoms with Crippen molar-refractivity contribution in [2.75, 3.05) is 17.7 Å². The second kappa shape index (κ2) is 9.59. The molecule has 198 valence electrons. The molecule has 1 aliphatic rings. The van der Waals surface area contributed by atoms with Crippen LogP contribution in [0.3, 0.4) is 0 Å². The van der Waals surface area contributed by atoms with Gasteiger partial charge in [0.15, 0.2) is 0 Å². The van der Waals surface area contributed by atoms with Gasteiger partial charge in [0.05, 0.1) is 11.4 Å². The summed E-state index contributed by atoms with van der Waals surface area (Å²) < 4.78 is 3.45. The van der Waals surface area contributed by atoms with E-state index in [4.69, 9.17) is 5.10 Å². The lowest BCUT2D eigenvalue weighted by Crippen LogP contribution is -2.33. The first-order valence-corrected chi connectivity index (χ1v) is 12.9. The van der Waals surface area contributed by atoms with Crippen molar-refractivity contribution in [3.8, 4) is 5.69 Å². The van der Waals surface area contributed by atoms with Crippen LogP contribution < -0.4 is 21.5 Å². The molecule has 1 aromatic carbocycles. The van der Waals surface area contributed by atoms with Crippen LogP contribution in [0, 0.1) is 0 Å². The molecule has 38 heavy (non-hydrogen) atoms. The van der Waals surface area contributed by atoms with Crippen LogP contribution in [0.15, 0.2) is 53.5 Å². The summed E-state index contributed by atoms with van der Waals surface area (Å²) in [5.41, 5.74) is 2.73. The first kappa shape index (κ1) is 25.4. The van der Waals surface area contributed by atoms with Gasteiger partial charge in [0.1, 0.15) is 11.5 Å². The van der Waals surface area contributed by atoms with E-state index in [0.29, 0.717) is 29.4 Å². The fraction of sp³-hybridized carbons (Fsp3) is 0.393. The Balaban J connectivity index is 1.37. The lowest BCUT2D eigenvalue weighted by Gasteiger charge is -2.16. The summed E-state index contributed by atoms with van der Waals surface area (Å²) >= 11 is 0. The third-order valence-corrected chi connectivity index (χ3v) is 6.77. The molecule has 0 spiro atoms. The Morgan fingerprint density at radius 3 is 2.53 bits per heavy atom. The molecule has 3 heterocycles. The fourth-order valence-electron chi connectivity index (χ4n) is 4.63. The molecular formula is C28H34N8O2. The number of urea groups is 1. The molecule has 2 unspecified atom stereocenters. The highest BCUT2D eigenvalue weighted by Gasteiger charge is 2.42. The number of rotatable bonds is 6. The first-order chi connectivity index (χ1) is 18.1. The van der Waals surface area contributed by atoms with Crippen molar-refractivity contribution in [2.45, 2.75) is 64.5 Å². The standard InChI is InChI=1S/C28H34N8O2/c1-16(2)35-24-17(15-30-26(29-6)33-24)12-20(25(35)37)19-13-21(19)31-27(38)32-23-14-22(28(3,4)5)34-36(23)18-10-8-7-9-11-18/h7-12,14-16,19,21H,13H2,1-6H3,(H,29,30,33)(H2,31,32,38). The van der Waals surface area contributed by atoms with E-state index >= 15 is 0 Å². The van der Waals surface area contributed by atoms with Crippen molar-refractivity contribution in [1.29, 1.82) is 0 Å². The normalized spacial score (nSPS) is 17.0. The molecule has 4 aromatic rings. The topological polar surface area (TPSA) is 119 Å². The van der Waals surface area contributed by atoms with Crippen LogP contribution in [0.25, 0.3) is 16.7 Å². The number of nitrogens with one attached hydrogen (secondary N) is 3. The summed E-state index contributed by atoms with van der Waals surface area (Å²) in [4.78, 5) is 35.4. The summed E-state index contributed by atoms with van der Waals surface area (Å²) in [5.74, 6) is 0.975. The predicted octanol–water partition coefficient (Wildman–Crippen LogP) is 4.57. The Morgan fingerprint density at radius 1 is 1.13 bits per heavy atom. The molecule has 3 N–H and O–H groups in total. The summed E-state index contributed by atoms with van der Waals surface area (Å²) in [6.07, 6.45) is 2.41. The summed E-state index contributed by atoms with van der Waals surface area (Å²) in [6, 6.07) is 12.9. The molecule has 0 saturated heterocycles. The highest BCUT2D eigenvalue weighted by Crippen LogP contribution is 2.40. The molecule has 3 aromatic heterocycles. The van der Waals surface area contributed by atoms with E-state index in [0.717, 1.165) is 16.8 Å². The van der Waals surface area contributed by atoms with E-state index in [2.05, 4.69) is 46.7 Å². The van der Waals surface area contributed by atoms with Crippen LogP contribution in [0.5, 0.6) is 0 Å². The SMILES string of the molecule is CNc1ncc2cc(C3CC3NC(=O)Nc3cc(C(C)(C)C)nn3-c3ccccc3)c(=O)n(C(C)C)c2n1. The molecule has 5 rings (SSSR count). The van der Waals surface area contributed by atoms with Crippen molar-refractivity contribution >= 4 is 28.8 Å². The Kier molecular flexibility index (Phi) is 6.42. The zero-order valence-corrected chi connectivity index (χ0v) is 22.6. The second-order valence-electron chi connectivity index (χ2n) is 11.1. The van der Waals surface area contributed by atoms with Crippen molar-refractivity contribution in [2.24, 2.45) is 0 Å².